The summed E-state index contributed by atoms with van der Waals surface area (Å²) in [4.78, 5) is 12.4. The molecule has 0 amide bonds. The molecular formula is C7H15N2NaO3. The second kappa shape index (κ2) is 5.95. The Balaban J connectivity index is 0. The van der Waals surface area contributed by atoms with E-state index in [1.165, 1.54) is 6.92 Å². The normalized spacial score (nSPS) is 22.0. The molecule has 0 aliphatic carbocycles. The number of nitrogens with zero attached hydrogens (tertiary/aromatic N) is 1. The maximum Gasteiger partial charge on any atom is 1.00 e. The average Bonchev–Trinajstić information content (AvgIpc) is 2.37. The number of hydrogen-bond donors (Lipinski definition) is 3. The first-order chi connectivity index (χ1) is 5.63. The number of aliphatic hydroxyl groups excluding tert-OH is 1. The van der Waals surface area contributed by atoms with Crippen molar-refractivity contribution in [1.29, 1.82) is 0 Å². The van der Waals surface area contributed by atoms with Gasteiger partial charge in [0.1, 0.15) is 6.04 Å². The van der Waals surface area contributed by atoms with E-state index in [2.05, 4.69) is 5.32 Å². The summed E-state index contributed by atoms with van der Waals surface area (Å²) in [6, 6.07) is -0.778. The van der Waals surface area contributed by atoms with E-state index in [1.54, 1.807) is 4.90 Å². The van der Waals surface area contributed by atoms with Gasteiger partial charge in [0.05, 0.1) is 6.10 Å². The first kappa shape index (κ1) is 13.4. The summed E-state index contributed by atoms with van der Waals surface area (Å²) in [6.45, 7) is 3.51. The molecule has 2 atom stereocenters. The summed E-state index contributed by atoms with van der Waals surface area (Å²) >= 11 is 0. The topological polar surface area (TPSA) is 72.8 Å². The van der Waals surface area contributed by atoms with Crippen molar-refractivity contribution in [2.75, 3.05) is 19.8 Å². The molecule has 0 bridgehead atoms. The van der Waals surface area contributed by atoms with Gasteiger partial charge in [-0.2, -0.15) is 0 Å². The molecule has 0 aromatic carbocycles. The summed E-state index contributed by atoms with van der Waals surface area (Å²) < 4.78 is 0. The van der Waals surface area contributed by atoms with Crippen molar-refractivity contribution in [2.45, 2.75) is 19.1 Å². The molecule has 0 aromatic heterocycles. The van der Waals surface area contributed by atoms with Crippen LogP contribution in [-0.2, 0) is 4.79 Å². The number of rotatable bonds is 3. The van der Waals surface area contributed by atoms with Gasteiger partial charge in [-0.05, 0) is 6.92 Å². The van der Waals surface area contributed by atoms with E-state index < -0.39 is 18.1 Å². The molecule has 1 heterocycles. The zero-order valence-corrected chi connectivity index (χ0v) is 10.0. The number of nitrogens with one attached hydrogen (secondary N) is 1. The van der Waals surface area contributed by atoms with Crippen LogP contribution >= 0.6 is 0 Å². The minimum absolute atomic E-state index is 0. The van der Waals surface area contributed by atoms with Crippen LogP contribution < -0.4 is 34.9 Å². The monoisotopic (exact) mass is 198 g/mol. The Morgan fingerprint density at radius 2 is 2.31 bits per heavy atom. The average molecular weight is 198 g/mol. The predicted octanol–water partition coefficient (Wildman–Crippen LogP) is -4.20. The van der Waals surface area contributed by atoms with E-state index in [1.807, 2.05) is 0 Å². The van der Waals surface area contributed by atoms with Gasteiger partial charge in [-0.25, -0.2) is 0 Å². The zero-order valence-electron chi connectivity index (χ0n) is 9.03. The van der Waals surface area contributed by atoms with Gasteiger partial charge in [0.15, 0.2) is 0 Å². The van der Waals surface area contributed by atoms with Crippen molar-refractivity contribution < 1.29 is 46.0 Å². The SMILES string of the molecule is CC(O)C(C(=O)O)N1CCNC1.[H-].[Na+]. The van der Waals surface area contributed by atoms with Crippen molar-refractivity contribution in [3.8, 4) is 0 Å². The molecule has 0 radical (unpaired) electrons. The van der Waals surface area contributed by atoms with Gasteiger partial charge in [-0.3, -0.25) is 9.69 Å². The maximum absolute atomic E-state index is 10.7. The van der Waals surface area contributed by atoms with E-state index in [0.29, 0.717) is 13.2 Å². The predicted molar refractivity (Wildman–Crippen MR) is 43.8 cm³/mol. The Bertz CT molecular complexity index is 176. The molecule has 2 unspecified atom stereocenters. The Hall–Kier alpha value is 0.350. The Kier molecular flexibility index (Phi) is 6.11. The first-order valence-electron chi connectivity index (χ1n) is 3.98. The van der Waals surface area contributed by atoms with Crippen molar-refractivity contribution >= 4 is 5.97 Å². The molecular weight excluding hydrogens is 183 g/mol. The van der Waals surface area contributed by atoms with Crippen molar-refractivity contribution in [2.24, 2.45) is 0 Å². The number of carboxylic acid groups (broad SMARTS) is 1. The Labute approximate surface area is 101 Å². The van der Waals surface area contributed by atoms with Crippen LogP contribution in [0, 0.1) is 0 Å². The molecule has 13 heavy (non-hydrogen) atoms. The third kappa shape index (κ3) is 3.53. The van der Waals surface area contributed by atoms with Gasteiger partial charge in [0.25, 0.3) is 0 Å². The van der Waals surface area contributed by atoms with Crippen LogP contribution in [-0.4, -0.2) is 53.0 Å². The summed E-state index contributed by atoms with van der Waals surface area (Å²) in [5, 5.41) is 21.0. The van der Waals surface area contributed by atoms with Crippen LogP contribution in [0.25, 0.3) is 0 Å². The summed E-state index contributed by atoms with van der Waals surface area (Å²) in [6.07, 6.45) is -0.831. The number of carboxylic acids is 1. The molecule has 1 aliphatic rings. The summed E-state index contributed by atoms with van der Waals surface area (Å²) in [7, 11) is 0. The molecule has 1 fully saturated rings. The first-order valence-corrected chi connectivity index (χ1v) is 3.98. The summed E-state index contributed by atoms with van der Waals surface area (Å²) in [5.74, 6) is -0.964. The quantitative estimate of drug-likeness (QED) is 0.401. The standard InChI is InChI=1S/C7H14N2O3.Na.H/c1-5(10)6(7(11)12)9-3-2-8-4-9;;/h5-6,8,10H,2-4H2,1H3,(H,11,12);;/q;+1;-1. The van der Waals surface area contributed by atoms with Gasteiger partial charge in [-0.1, -0.05) is 0 Å². The minimum atomic E-state index is -0.964. The van der Waals surface area contributed by atoms with Crippen LogP contribution in [0.4, 0.5) is 0 Å². The smallest absolute Gasteiger partial charge is 1.00 e. The molecule has 6 heteroatoms. The third-order valence-electron chi connectivity index (χ3n) is 1.99. The van der Waals surface area contributed by atoms with Gasteiger partial charge in [0.2, 0.25) is 0 Å². The zero-order chi connectivity index (χ0) is 9.14. The number of carbonyl (C=O) groups is 1. The second-order valence-electron chi connectivity index (χ2n) is 2.99. The van der Waals surface area contributed by atoms with Crippen LogP contribution in [0.1, 0.15) is 8.35 Å². The van der Waals surface area contributed by atoms with Gasteiger partial charge in [0, 0.05) is 19.8 Å². The molecule has 0 aromatic rings. The number of aliphatic carboxylic acids is 1. The molecule has 0 saturated carbocycles. The van der Waals surface area contributed by atoms with E-state index in [-0.39, 0.29) is 31.0 Å². The van der Waals surface area contributed by atoms with E-state index in [9.17, 15) is 9.90 Å². The van der Waals surface area contributed by atoms with E-state index >= 15 is 0 Å². The van der Waals surface area contributed by atoms with Gasteiger partial charge >= 0.3 is 35.5 Å². The van der Waals surface area contributed by atoms with Crippen molar-refractivity contribution in [3.05, 3.63) is 0 Å². The fourth-order valence-corrected chi connectivity index (χ4v) is 1.43. The van der Waals surface area contributed by atoms with E-state index in [0.717, 1.165) is 6.54 Å². The summed E-state index contributed by atoms with van der Waals surface area (Å²) in [5.41, 5.74) is 0. The van der Waals surface area contributed by atoms with Crippen LogP contribution in [0.15, 0.2) is 0 Å². The van der Waals surface area contributed by atoms with Crippen LogP contribution in [0.3, 0.4) is 0 Å². The van der Waals surface area contributed by atoms with Crippen LogP contribution in [0.2, 0.25) is 0 Å². The molecule has 1 saturated heterocycles. The molecule has 1 aliphatic heterocycles. The molecule has 0 spiro atoms. The minimum Gasteiger partial charge on any atom is -1.00 e. The number of hydrogen-bond acceptors (Lipinski definition) is 4. The van der Waals surface area contributed by atoms with E-state index in [4.69, 9.17) is 5.11 Å². The van der Waals surface area contributed by atoms with Crippen molar-refractivity contribution in [1.82, 2.24) is 10.2 Å². The number of aliphatic hydroxyl groups is 1. The molecule has 1 rings (SSSR count). The maximum atomic E-state index is 10.7. The second-order valence-corrected chi connectivity index (χ2v) is 2.99. The Morgan fingerprint density at radius 3 is 2.62 bits per heavy atom. The molecule has 3 N–H and O–H groups in total. The van der Waals surface area contributed by atoms with Gasteiger partial charge in [-0.15, -0.1) is 0 Å². The largest absolute Gasteiger partial charge is 1.00 e. The molecule has 72 valence electrons. The van der Waals surface area contributed by atoms with Crippen molar-refractivity contribution in [3.63, 3.8) is 0 Å². The molecule has 5 nitrogen and oxygen atoms in total. The Morgan fingerprint density at radius 1 is 1.69 bits per heavy atom. The fourth-order valence-electron chi connectivity index (χ4n) is 1.43. The van der Waals surface area contributed by atoms with Gasteiger partial charge < -0.3 is 17.0 Å². The van der Waals surface area contributed by atoms with Crippen LogP contribution in [0.5, 0.6) is 0 Å². The third-order valence-corrected chi connectivity index (χ3v) is 1.99. The fraction of sp³-hybridized carbons (Fsp3) is 0.857.